The lowest BCUT2D eigenvalue weighted by molar-refractivity contribution is -0.149. The maximum atomic E-state index is 13.9. The highest BCUT2D eigenvalue weighted by molar-refractivity contribution is 5.98. The third-order valence-electron chi connectivity index (χ3n) is 10.1. The van der Waals surface area contributed by atoms with Crippen LogP contribution >= 0.6 is 0 Å². The Balaban J connectivity index is 0.0000168. The molecule has 2 rings (SSSR count). The van der Waals surface area contributed by atoms with Crippen molar-refractivity contribution in [3.05, 3.63) is 71.8 Å². The van der Waals surface area contributed by atoms with Crippen molar-refractivity contribution in [1.29, 1.82) is 0 Å². The summed E-state index contributed by atoms with van der Waals surface area (Å²) in [7, 11) is 1.18. The molecule has 0 saturated heterocycles. The summed E-state index contributed by atoms with van der Waals surface area (Å²) in [5.74, 6) is -5.97. The number of nitrogens with one attached hydrogen (secondary N) is 3. The molecule has 13 heteroatoms. The summed E-state index contributed by atoms with van der Waals surface area (Å²) in [5, 5.41) is 18.0. The van der Waals surface area contributed by atoms with Crippen molar-refractivity contribution in [2.75, 3.05) is 39.9 Å². The van der Waals surface area contributed by atoms with E-state index < -0.39 is 71.7 Å². The normalized spacial score (nSPS) is 13.4. The fraction of sp³-hybridized carbons (Fsp3) is 0.587. The minimum atomic E-state index is -1.07. The van der Waals surface area contributed by atoms with E-state index in [1.54, 1.807) is 30.3 Å². The van der Waals surface area contributed by atoms with Crippen LogP contribution in [0.3, 0.4) is 0 Å². The molecule has 0 aliphatic carbocycles. The molecule has 0 aliphatic heterocycles. The van der Waals surface area contributed by atoms with Gasteiger partial charge in [-0.15, -0.1) is 0 Å². The number of hydrogen-bond acceptors (Lipinski definition) is 10. The number of rotatable bonds is 28. The first-order valence-electron chi connectivity index (χ1n) is 20.2. The molecule has 0 aliphatic rings. The number of hydrogen-bond donors (Lipinski definition) is 4. The summed E-state index contributed by atoms with van der Waals surface area (Å²) in [4.78, 5) is 94.8. The number of esters is 1. The minimum absolute atomic E-state index is 0. The van der Waals surface area contributed by atoms with Crippen LogP contribution in [0, 0.1) is 23.7 Å². The van der Waals surface area contributed by atoms with Gasteiger partial charge in [0.25, 0.3) is 5.91 Å². The molecule has 0 heterocycles. The van der Waals surface area contributed by atoms with Gasteiger partial charge in [0.1, 0.15) is 0 Å². The van der Waals surface area contributed by atoms with Crippen LogP contribution in [0.1, 0.15) is 110 Å². The van der Waals surface area contributed by atoms with Crippen LogP contribution in [0.15, 0.2) is 60.7 Å². The van der Waals surface area contributed by atoms with Gasteiger partial charge in [-0.2, -0.15) is 0 Å². The molecule has 0 spiro atoms. The number of unbranched alkanes of at least 4 members (excludes halogenated alkanes) is 1. The van der Waals surface area contributed by atoms with Crippen LogP contribution in [0.5, 0.6) is 0 Å². The Morgan fingerprint density at radius 3 is 1.86 bits per heavy atom. The van der Waals surface area contributed by atoms with Gasteiger partial charge >= 0.3 is 5.97 Å². The second-order valence-corrected chi connectivity index (χ2v) is 15.1. The molecule has 0 bridgehead atoms. The number of aliphatic hydroxyl groups excluding tert-OH is 1. The Hall–Kier alpha value is -4.75. The fourth-order valence-electron chi connectivity index (χ4n) is 6.66. The molecule has 0 aromatic heterocycles. The van der Waals surface area contributed by atoms with Gasteiger partial charge in [0, 0.05) is 36.7 Å². The Morgan fingerprint density at radius 2 is 1.31 bits per heavy atom. The monoisotopic (exact) mass is 825 g/mol. The summed E-state index contributed by atoms with van der Waals surface area (Å²) < 4.78 is 4.74. The van der Waals surface area contributed by atoms with Gasteiger partial charge in [-0.05, 0) is 82.3 Å². The second kappa shape index (κ2) is 29.5. The van der Waals surface area contributed by atoms with E-state index in [-0.39, 0.29) is 58.8 Å². The number of aliphatic hydroxyl groups is 1. The highest BCUT2D eigenvalue weighted by Crippen LogP contribution is 2.20. The van der Waals surface area contributed by atoms with Crippen molar-refractivity contribution in [2.24, 2.45) is 23.7 Å². The predicted octanol–water partition coefficient (Wildman–Crippen LogP) is 5.37. The summed E-state index contributed by atoms with van der Waals surface area (Å²) in [5.41, 5.74) is 1.23. The zero-order chi connectivity index (χ0) is 42.3. The van der Waals surface area contributed by atoms with Crippen LogP contribution < -0.4 is 16.0 Å². The van der Waals surface area contributed by atoms with Crippen LogP contribution in [-0.2, 0) is 39.9 Å². The number of carbonyl (C=O) groups is 7. The molecule has 3 amide bonds. The molecule has 0 fully saturated rings. The summed E-state index contributed by atoms with van der Waals surface area (Å²) in [6.07, 6.45) is 1.59. The molecule has 2 aromatic rings. The standard InChI is InChI=1S/C44H64N4O9.2CH4/c1-7-48(8-2)22-16-15-21-38(40(52)27-36(29-49)44(56)57-6)47-43(55)34(23-30(3)4)26-39(51)31(5)46-42(54)35(24-32-17-11-9-12-18-32)25-37(50)28-45-41(53)33-19-13-10-14-20-33;;/h9-14,17-20,30-31,34-36,38,49H,7-8,15-16,21-29H2,1-6H3,(H,45,53)(H,46,54)(H,47,55);2*1H4/t31-,34+,35+,36-,38-;;/m0../s1. The van der Waals surface area contributed by atoms with Crippen molar-refractivity contribution in [3.8, 4) is 0 Å². The molecule has 330 valence electrons. The zero-order valence-electron chi connectivity index (χ0n) is 34.6. The number of amides is 3. The SMILES string of the molecule is C.C.CCN(CC)CCCC[C@H](NC(=O)[C@@H](CC(=O)[C@H](C)NC(=O)[C@@H](CC(=O)CNC(=O)c1ccccc1)Cc1ccccc1)CC(C)C)C(=O)C[C@@H](CO)C(=O)OC. The first-order valence-corrected chi connectivity index (χ1v) is 20.2. The van der Waals surface area contributed by atoms with Crippen LogP contribution in [0.25, 0.3) is 0 Å². The van der Waals surface area contributed by atoms with E-state index in [2.05, 4.69) is 34.7 Å². The van der Waals surface area contributed by atoms with E-state index in [1.165, 1.54) is 14.0 Å². The topological polar surface area (TPSA) is 188 Å². The van der Waals surface area contributed by atoms with Gasteiger partial charge in [-0.3, -0.25) is 33.6 Å². The third-order valence-corrected chi connectivity index (χ3v) is 10.1. The third kappa shape index (κ3) is 20.2. The van der Waals surface area contributed by atoms with Crippen molar-refractivity contribution in [1.82, 2.24) is 20.9 Å². The Kier molecular flexibility index (Phi) is 27.1. The van der Waals surface area contributed by atoms with Gasteiger partial charge in [0.15, 0.2) is 17.3 Å². The van der Waals surface area contributed by atoms with E-state index >= 15 is 0 Å². The van der Waals surface area contributed by atoms with Gasteiger partial charge in [-0.25, -0.2) is 0 Å². The van der Waals surface area contributed by atoms with Gasteiger partial charge in [0.05, 0.1) is 38.3 Å². The molecule has 2 aromatic carbocycles. The van der Waals surface area contributed by atoms with Crippen molar-refractivity contribution < 1.29 is 43.4 Å². The molecule has 4 N–H and O–H groups in total. The number of benzene rings is 2. The number of nitrogens with zero attached hydrogens (tertiary/aromatic N) is 1. The highest BCUT2D eigenvalue weighted by Gasteiger charge is 2.32. The van der Waals surface area contributed by atoms with Crippen LogP contribution in [0.2, 0.25) is 0 Å². The first-order chi connectivity index (χ1) is 27.2. The predicted molar refractivity (Wildman–Crippen MR) is 231 cm³/mol. The Bertz CT molecular complexity index is 1580. The van der Waals surface area contributed by atoms with E-state index in [9.17, 15) is 38.7 Å². The van der Waals surface area contributed by atoms with Crippen molar-refractivity contribution in [2.45, 2.75) is 113 Å². The van der Waals surface area contributed by atoms with Crippen LogP contribution in [-0.4, -0.2) is 103 Å². The van der Waals surface area contributed by atoms with Crippen LogP contribution in [0.4, 0.5) is 0 Å². The zero-order valence-corrected chi connectivity index (χ0v) is 34.6. The number of ether oxygens (including phenoxy) is 1. The maximum Gasteiger partial charge on any atom is 0.311 e. The second-order valence-electron chi connectivity index (χ2n) is 15.1. The average molecular weight is 825 g/mol. The molecule has 0 saturated carbocycles. The lowest BCUT2D eigenvalue weighted by atomic mass is 9.88. The van der Waals surface area contributed by atoms with E-state index in [0.29, 0.717) is 24.8 Å². The van der Waals surface area contributed by atoms with Gasteiger partial charge in [-0.1, -0.05) is 91.1 Å². The number of ketones is 3. The fourth-order valence-corrected chi connectivity index (χ4v) is 6.66. The quantitative estimate of drug-likeness (QED) is 0.0642. The first kappa shape index (κ1) is 54.2. The molecule has 59 heavy (non-hydrogen) atoms. The lowest BCUT2D eigenvalue weighted by Gasteiger charge is -2.25. The molecule has 0 radical (unpaired) electrons. The Labute approximate surface area is 352 Å². The van der Waals surface area contributed by atoms with E-state index in [0.717, 1.165) is 31.6 Å². The highest BCUT2D eigenvalue weighted by atomic mass is 16.5. The largest absolute Gasteiger partial charge is 0.469 e. The number of carbonyl (C=O) groups excluding carboxylic acids is 7. The molecule has 5 atom stereocenters. The smallest absolute Gasteiger partial charge is 0.311 e. The van der Waals surface area contributed by atoms with Crippen molar-refractivity contribution >= 4 is 41.0 Å². The molecular formula is C46H72N4O9. The van der Waals surface area contributed by atoms with E-state index in [1.807, 2.05) is 44.2 Å². The molecule has 0 unspecified atom stereocenters. The van der Waals surface area contributed by atoms with Gasteiger partial charge in [0.2, 0.25) is 11.8 Å². The summed E-state index contributed by atoms with van der Waals surface area (Å²) in [6.45, 7) is 11.3. The van der Waals surface area contributed by atoms with Crippen molar-refractivity contribution in [3.63, 3.8) is 0 Å². The van der Waals surface area contributed by atoms with Gasteiger partial charge < -0.3 is 30.7 Å². The number of methoxy groups -OCH3 is 1. The summed E-state index contributed by atoms with van der Waals surface area (Å²) >= 11 is 0. The molecular weight excluding hydrogens is 753 g/mol. The maximum absolute atomic E-state index is 13.9. The summed E-state index contributed by atoms with van der Waals surface area (Å²) in [6, 6.07) is 15.7. The van der Waals surface area contributed by atoms with E-state index in [4.69, 9.17) is 4.74 Å². The molecule has 13 nitrogen and oxygen atoms in total. The number of Topliss-reactive ketones (excluding diaryl/α,β-unsaturated/α-hetero) is 3. The average Bonchev–Trinajstić information content (AvgIpc) is 3.20. The Morgan fingerprint density at radius 1 is 0.729 bits per heavy atom. The lowest BCUT2D eigenvalue weighted by Crippen LogP contribution is -2.47. The minimum Gasteiger partial charge on any atom is -0.469 e.